The zero-order valence-electron chi connectivity index (χ0n) is 14.2. The molecule has 0 aliphatic carbocycles. The Kier molecular flexibility index (Phi) is 5.95. The first-order valence-electron chi connectivity index (χ1n) is 7.89. The van der Waals surface area contributed by atoms with Crippen LogP contribution in [0.5, 0.6) is 0 Å². The van der Waals surface area contributed by atoms with E-state index in [-0.39, 0.29) is 17.9 Å². The number of likely N-dealkylation sites (N-methyl/N-ethyl adjacent to an activating group) is 1. The van der Waals surface area contributed by atoms with Gasteiger partial charge in [0.2, 0.25) is 11.8 Å². The molecule has 126 valence electrons. The molecule has 5 nitrogen and oxygen atoms in total. The lowest BCUT2D eigenvalue weighted by molar-refractivity contribution is -0.130. The highest BCUT2D eigenvalue weighted by Gasteiger charge is 2.17. The van der Waals surface area contributed by atoms with E-state index in [4.69, 9.17) is 0 Å². The Balaban J connectivity index is 1.92. The Bertz CT molecular complexity index is 684. The van der Waals surface area contributed by atoms with E-state index in [9.17, 15) is 9.59 Å². The fourth-order valence-corrected chi connectivity index (χ4v) is 2.43. The fourth-order valence-electron chi connectivity index (χ4n) is 2.43. The molecular weight excluding hydrogens is 302 g/mol. The number of hydrogen-bond donors (Lipinski definition) is 2. The molecule has 24 heavy (non-hydrogen) atoms. The molecule has 0 unspecified atom stereocenters. The summed E-state index contributed by atoms with van der Waals surface area (Å²) in [7, 11) is 1.80. The molecule has 0 heterocycles. The van der Waals surface area contributed by atoms with Gasteiger partial charge >= 0.3 is 0 Å². The number of benzene rings is 2. The van der Waals surface area contributed by atoms with Crippen molar-refractivity contribution in [1.29, 1.82) is 0 Å². The molecule has 0 aromatic heterocycles. The molecule has 0 saturated carbocycles. The minimum absolute atomic E-state index is 0.0183. The molecule has 2 amide bonds. The highest BCUT2D eigenvalue weighted by molar-refractivity contribution is 5.89. The molecular formula is C19H23N3O2. The Morgan fingerprint density at radius 2 is 1.58 bits per heavy atom. The van der Waals surface area contributed by atoms with Crippen molar-refractivity contribution < 1.29 is 9.59 Å². The second-order valence-electron chi connectivity index (χ2n) is 5.80. The van der Waals surface area contributed by atoms with Crippen LogP contribution in [0.25, 0.3) is 0 Å². The third-order valence-electron chi connectivity index (χ3n) is 3.60. The van der Waals surface area contributed by atoms with Crippen molar-refractivity contribution in [2.45, 2.75) is 26.4 Å². The van der Waals surface area contributed by atoms with Crippen LogP contribution in [0.15, 0.2) is 54.6 Å². The average molecular weight is 325 g/mol. The van der Waals surface area contributed by atoms with Gasteiger partial charge in [0.25, 0.3) is 0 Å². The van der Waals surface area contributed by atoms with Crippen LogP contribution in [0.1, 0.15) is 19.4 Å². The number of hydrogen-bond acceptors (Lipinski definition) is 3. The van der Waals surface area contributed by atoms with Crippen LogP contribution in [0, 0.1) is 0 Å². The van der Waals surface area contributed by atoms with Crippen molar-refractivity contribution in [2.75, 3.05) is 17.7 Å². The van der Waals surface area contributed by atoms with Crippen molar-refractivity contribution in [1.82, 2.24) is 4.90 Å². The number of rotatable bonds is 6. The zero-order valence-corrected chi connectivity index (χ0v) is 14.2. The molecule has 0 saturated heterocycles. The second-order valence-corrected chi connectivity index (χ2v) is 5.80. The largest absolute Gasteiger partial charge is 0.374 e. The summed E-state index contributed by atoms with van der Waals surface area (Å²) < 4.78 is 0. The smallest absolute Gasteiger partial charge is 0.244 e. The lowest BCUT2D eigenvalue weighted by atomic mass is 10.2. The monoisotopic (exact) mass is 325 g/mol. The lowest BCUT2D eigenvalue weighted by Crippen LogP contribution is -2.38. The van der Waals surface area contributed by atoms with Crippen molar-refractivity contribution in [3.63, 3.8) is 0 Å². The van der Waals surface area contributed by atoms with Crippen LogP contribution in [-0.4, -0.2) is 29.8 Å². The van der Waals surface area contributed by atoms with Gasteiger partial charge in [0.15, 0.2) is 0 Å². The summed E-state index contributed by atoms with van der Waals surface area (Å²) in [5, 5.41) is 5.90. The van der Waals surface area contributed by atoms with Crippen molar-refractivity contribution in [3.8, 4) is 0 Å². The first-order valence-corrected chi connectivity index (χ1v) is 7.89. The van der Waals surface area contributed by atoms with E-state index in [1.807, 2.05) is 49.4 Å². The predicted octanol–water partition coefficient (Wildman–Crippen LogP) is 3.10. The highest BCUT2D eigenvalue weighted by Crippen LogP contribution is 2.15. The van der Waals surface area contributed by atoms with Crippen molar-refractivity contribution in [3.05, 3.63) is 60.2 Å². The topological polar surface area (TPSA) is 61.4 Å². The van der Waals surface area contributed by atoms with Gasteiger partial charge in [-0.1, -0.05) is 30.3 Å². The Hall–Kier alpha value is -2.82. The van der Waals surface area contributed by atoms with Crippen LogP contribution in [0.4, 0.5) is 11.4 Å². The van der Waals surface area contributed by atoms with Crippen LogP contribution in [-0.2, 0) is 16.1 Å². The van der Waals surface area contributed by atoms with E-state index in [1.54, 1.807) is 24.1 Å². The van der Waals surface area contributed by atoms with E-state index < -0.39 is 0 Å². The van der Waals surface area contributed by atoms with Gasteiger partial charge < -0.3 is 15.5 Å². The van der Waals surface area contributed by atoms with Crippen molar-refractivity contribution in [2.24, 2.45) is 0 Å². The molecule has 2 N–H and O–H groups in total. The first kappa shape index (κ1) is 17.5. The molecule has 1 atom stereocenters. The number of amides is 2. The zero-order chi connectivity index (χ0) is 17.5. The molecule has 2 aromatic carbocycles. The number of anilines is 2. The quantitative estimate of drug-likeness (QED) is 0.858. The maximum atomic E-state index is 12.5. The molecule has 0 spiro atoms. The summed E-state index contributed by atoms with van der Waals surface area (Å²) in [4.78, 5) is 25.2. The summed E-state index contributed by atoms with van der Waals surface area (Å²) in [6.45, 7) is 3.88. The van der Waals surface area contributed by atoms with E-state index in [0.717, 1.165) is 16.9 Å². The summed E-state index contributed by atoms with van der Waals surface area (Å²) in [6, 6.07) is 16.8. The fraction of sp³-hybridized carbons (Fsp3) is 0.263. The van der Waals surface area contributed by atoms with E-state index in [2.05, 4.69) is 10.6 Å². The number of nitrogens with one attached hydrogen (secondary N) is 2. The third-order valence-corrected chi connectivity index (χ3v) is 3.60. The lowest BCUT2D eigenvalue weighted by Gasteiger charge is -2.23. The van der Waals surface area contributed by atoms with Gasteiger partial charge in [0.1, 0.15) is 6.04 Å². The molecule has 0 aliphatic rings. The predicted molar refractivity (Wildman–Crippen MR) is 96.7 cm³/mol. The minimum atomic E-state index is -0.342. The van der Waals surface area contributed by atoms with Crippen LogP contribution in [0.3, 0.4) is 0 Å². The number of carbonyl (C=O) groups is 2. The highest BCUT2D eigenvalue weighted by atomic mass is 16.2. The van der Waals surface area contributed by atoms with E-state index in [0.29, 0.717) is 6.54 Å². The maximum Gasteiger partial charge on any atom is 0.244 e. The van der Waals surface area contributed by atoms with Crippen LogP contribution < -0.4 is 10.6 Å². The third kappa shape index (κ3) is 5.12. The first-order chi connectivity index (χ1) is 11.5. The molecule has 2 aromatic rings. The maximum absolute atomic E-state index is 12.5. The van der Waals surface area contributed by atoms with Gasteiger partial charge in [-0.25, -0.2) is 0 Å². The van der Waals surface area contributed by atoms with Gasteiger partial charge in [-0.2, -0.15) is 0 Å². The Morgan fingerprint density at radius 1 is 1.00 bits per heavy atom. The van der Waals surface area contributed by atoms with Crippen molar-refractivity contribution >= 4 is 23.2 Å². The molecule has 0 radical (unpaired) electrons. The summed E-state index contributed by atoms with van der Waals surface area (Å²) >= 11 is 0. The van der Waals surface area contributed by atoms with Gasteiger partial charge in [0, 0.05) is 31.9 Å². The molecule has 0 aliphatic heterocycles. The van der Waals surface area contributed by atoms with Gasteiger partial charge in [0.05, 0.1) is 0 Å². The SMILES string of the molecule is CC(=O)Nc1ccc(N[C@H](C)C(=O)N(C)Cc2ccccc2)cc1. The standard InChI is InChI=1S/C19H23N3O2/c1-14(19(24)22(3)13-16-7-5-4-6-8-16)20-17-9-11-18(12-10-17)21-15(2)23/h4-12,14,20H,13H2,1-3H3,(H,21,23)/t14-/m1/s1. The van der Waals surface area contributed by atoms with Gasteiger partial charge in [-0.05, 0) is 36.8 Å². The van der Waals surface area contributed by atoms with Gasteiger partial charge in [-0.3, -0.25) is 9.59 Å². The average Bonchev–Trinajstić information content (AvgIpc) is 2.56. The number of carbonyl (C=O) groups excluding carboxylic acids is 2. The van der Waals surface area contributed by atoms with Gasteiger partial charge in [-0.15, -0.1) is 0 Å². The minimum Gasteiger partial charge on any atom is -0.374 e. The molecule has 0 fully saturated rings. The summed E-state index contributed by atoms with van der Waals surface area (Å²) in [5.74, 6) is -0.0911. The normalized spacial score (nSPS) is 11.5. The van der Waals surface area contributed by atoms with E-state index in [1.165, 1.54) is 6.92 Å². The summed E-state index contributed by atoms with van der Waals surface area (Å²) in [6.07, 6.45) is 0. The van der Waals surface area contributed by atoms with Crippen LogP contribution >= 0.6 is 0 Å². The molecule has 0 bridgehead atoms. The summed E-state index contributed by atoms with van der Waals surface area (Å²) in [5.41, 5.74) is 2.66. The number of nitrogens with zero attached hydrogens (tertiary/aromatic N) is 1. The van der Waals surface area contributed by atoms with E-state index >= 15 is 0 Å². The molecule has 5 heteroatoms. The Labute approximate surface area is 142 Å². The second kappa shape index (κ2) is 8.15. The Morgan fingerprint density at radius 3 is 2.17 bits per heavy atom. The molecule has 2 rings (SSSR count). The van der Waals surface area contributed by atoms with Crippen LogP contribution in [0.2, 0.25) is 0 Å².